The van der Waals surface area contributed by atoms with Crippen LogP contribution in [0.15, 0.2) is 42.5 Å². The molecule has 2 aromatic rings. The zero-order valence-corrected chi connectivity index (χ0v) is 13.4. The Balaban J connectivity index is 1.88. The third kappa shape index (κ3) is 2.13. The molecule has 1 heterocycles. The maximum Gasteiger partial charge on any atom is 0.119 e. The van der Waals surface area contributed by atoms with Crippen LogP contribution in [0.4, 0.5) is 0 Å². The molecule has 0 amide bonds. The largest absolute Gasteiger partial charge is 0.497 e. The molecule has 4 rings (SSSR count). The zero-order chi connectivity index (χ0) is 15.1. The number of rotatable bonds is 2. The third-order valence-electron chi connectivity index (χ3n) is 5.14. The summed E-state index contributed by atoms with van der Waals surface area (Å²) < 4.78 is 5.45. The van der Waals surface area contributed by atoms with E-state index in [9.17, 15) is 0 Å². The monoisotopic (exact) mass is 313 g/mol. The molecule has 2 nitrogen and oxygen atoms in total. The van der Waals surface area contributed by atoms with E-state index in [1.807, 2.05) is 12.1 Å². The van der Waals surface area contributed by atoms with Crippen LogP contribution < -0.4 is 10.1 Å². The predicted molar refractivity (Wildman–Crippen MR) is 89.8 cm³/mol. The van der Waals surface area contributed by atoms with E-state index in [-0.39, 0.29) is 0 Å². The number of halogens is 1. The van der Waals surface area contributed by atoms with Crippen molar-refractivity contribution in [3.05, 3.63) is 64.2 Å². The van der Waals surface area contributed by atoms with Gasteiger partial charge in [0.1, 0.15) is 5.75 Å². The fraction of sp³-hybridized carbons (Fsp3) is 0.368. The van der Waals surface area contributed by atoms with E-state index in [2.05, 4.69) is 35.6 Å². The second-order valence-electron chi connectivity index (χ2n) is 6.23. The van der Waals surface area contributed by atoms with Gasteiger partial charge < -0.3 is 10.1 Å². The Labute approximate surface area is 136 Å². The van der Waals surface area contributed by atoms with Gasteiger partial charge >= 0.3 is 0 Å². The number of piperidine rings is 1. The van der Waals surface area contributed by atoms with Crippen molar-refractivity contribution in [1.29, 1.82) is 0 Å². The summed E-state index contributed by atoms with van der Waals surface area (Å²) in [5.41, 5.74) is 4.03. The van der Waals surface area contributed by atoms with Crippen LogP contribution in [-0.2, 0) is 0 Å². The predicted octanol–water partition coefficient (Wildman–Crippen LogP) is 4.53. The van der Waals surface area contributed by atoms with E-state index in [1.54, 1.807) is 7.11 Å². The van der Waals surface area contributed by atoms with Crippen molar-refractivity contribution < 1.29 is 4.74 Å². The van der Waals surface area contributed by atoms with E-state index in [0.29, 0.717) is 17.9 Å². The molecule has 2 aromatic carbocycles. The molecule has 114 valence electrons. The summed E-state index contributed by atoms with van der Waals surface area (Å²) in [7, 11) is 1.73. The number of ether oxygens (including phenoxy) is 1. The van der Waals surface area contributed by atoms with Crippen molar-refractivity contribution in [2.24, 2.45) is 5.92 Å². The van der Waals surface area contributed by atoms with Crippen LogP contribution in [0.3, 0.4) is 0 Å². The van der Waals surface area contributed by atoms with Crippen LogP contribution in [0.2, 0.25) is 5.02 Å². The van der Waals surface area contributed by atoms with Gasteiger partial charge in [-0.25, -0.2) is 0 Å². The Hall–Kier alpha value is -1.51. The second-order valence-corrected chi connectivity index (χ2v) is 6.64. The van der Waals surface area contributed by atoms with E-state index in [1.165, 1.54) is 29.5 Å². The lowest BCUT2D eigenvalue weighted by Gasteiger charge is -2.31. The van der Waals surface area contributed by atoms with Crippen molar-refractivity contribution in [1.82, 2.24) is 5.32 Å². The van der Waals surface area contributed by atoms with Gasteiger partial charge in [0.2, 0.25) is 0 Å². The van der Waals surface area contributed by atoms with Crippen molar-refractivity contribution >= 4 is 11.6 Å². The van der Waals surface area contributed by atoms with Crippen molar-refractivity contribution in [2.45, 2.75) is 24.8 Å². The number of benzene rings is 2. The Morgan fingerprint density at radius 1 is 1.09 bits per heavy atom. The fourth-order valence-electron chi connectivity index (χ4n) is 4.20. The number of nitrogens with one attached hydrogen (secondary N) is 1. The number of fused-ring (bicyclic) bond motifs is 3. The highest BCUT2D eigenvalue weighted by Crippen LogP contribution is 2.53. The Morgan fingerprint density at radius 2 is 1.95 bits per heavy atom. The first-order valence-electron chi connectivity index (χ1n) is 7.95. The molecular weight excluding hydrogens is 294 g/mol. The number of methoxy groups -OCH3 is 1. The molecule has 3 atom stereocenters. The molecular formula is C19H20ClNO. The molecule has 3 unspecified atom stereocenters. The van der Waals surface area contributed by atoms with Gasteiger partial charge in [0.05, 0.1) is 7.11 Å². The highest BCUT2D eigenvalue weighted by molar-refractivity contribution is 6.31. The molecule has 0 saturated carbocycles. The van der Waals surface area contributed by atoms with Gasteiger partial charge in [-0.05, 0) is 60.2 Å². The van der Waals surface area contributed by atoms with Crippen LogP contribution in [0.1, 0.15) is 41.5 Å². The fourth-order valence-corrected chi connectivity index (χ4v) is 4.45. The van der Waals surface area contributed by atoms with Gasteiger partial charge in [-0.3, -0.25) is 0 Å². The first-order valence-corrected chi connectivity index (χ1v) is 8.33. The smallest absolute Gasteiger partial charge is 0.119 e. The molecule has 1 aliphatic heterocycles. The van der Waals surface area contributed by atoms with Crippen LogP contribution in [0, 0.1) is 5.92 Å². The first kappa shape index (κ1) is 14.1. The number of hydrogen-bond donors (Lipinski definition) is 1. The summed E-state index contributed by atoms with van der Waals surface area (Å²) in [6.07, 6.45) is 2.47. The topological polar surface area (TPSA) is 21.3 Å². The minimum atomic E-state index is 0.358. The molecule has 1 saturated heterocycles. The molecule has 1 N–H and O–H groups in total. The minimum absolute atomic E-state index is 0.358. The zero-order valence-electron chi connectivity index (χ0n) is 12.7. The van der Waals surface area contributed by atoms with E-state index in [0.717, 1.165) is 17.3 Å². The van der Waals surface area contributed by atoms with Crippen LogP contribution >= 0.6 is 11.6 Å². The Morgan fingerprint density at radius 3 is 2.77 bits per heavy atom. The van der Waals surface area contributed by atoms with Crippen molar-refractivity contribution in [3.8, 4) is 5.75 Å². The lowest BCUT2D eigenvalue weighted by Crippen LogP contribution is -2.32. The van der Waals surface area contributed by atoms with Crippen molar-refractivity contribution in [2.75, 3.05) is 13.7 Å². The summed E-state index contributed by atoms with van der Waals surface area (Å²) in [5, 5.41) is 4.58. The average molecular weight is 314 g/mol. The molecule has 2 aliphatic rings. The molecule has 22 heavy (non-hydrogen) atoms. The van der Waals surface area contributed by atoms with E-state index >= 15 is 0 Å². The lowest BCUT2D eigenvalue weighted by molar-refractivity contribution is 0.287. The summed E-state index contributed by atoms with van der Waals surface area (Å²) in [4.78, 5) is 0. The van der Waals surface area contributed by atoms with Crippen LogP contribution in [0.25, 0.3) is 0 Å². The average Bonchev–Trinajstić information content (AvgIpc) is 2.89. The highest BCUT2D eigenvalue weighted by atomic mass is 35.5. The quantitative estimate of drug-likeness (QED) is 0.879. The molecule has 3 heteroatoms. The lowest BCUT2D eigenvalue weighted by atomic mass is 9.80. The minimum Gasteiger partial charge on any atom is -0.497 e. The second kappa shape index (κ2) is 5.60. The molecule has 1 fully saturated rings. The number of hydrogen-bond acceptors (Lipinski definition) is 2. The maximum absolute atomic E-state index is 6.52. The molecule has 1 aliphatic carbocycles. The molecule has 0 radical (unpaired) electrons. The standard InChI is InChI=1S/C19H20ClNO/c1-22-12-8-9-13-16(11-12)18(14-5-2-3-7-17(14)20)15-6-4-10-21-19(13)15/h2-3,5,7-9,11,15,18-19,21H,4,6,10H2,1H3. The maximum atomic E-state index is 6.52. The van der Waals surface area contributed by atoms with Crippen molar-refractivity contribution in [3.63, 3.8) is 0 Å². The van der Waals surface area contributed by atoms with Gasteiger partial charge in [-0.15, -0.1) is 0 Å². The summed E-state index contributed by atoms with van der Waals surface area (Å²) in [5.74, 6) is 1.86. The van der Waals surface area contributed by atoms with Gasteiger partial charge in [-0.2, -0.15) is 0 Å². The Bertz CT molecular complexity index is 700. The third-order valence-corrected chi connectivity index (χ3v) is 5.48. The van der Waals surface area contributed by atoms with Gasteiger partial charge in [0, 0.05) is 17.0 Å². The van der Waals surface area contributed by atoms with Crippen LogP contribution in [0.5, 0.6) is 5.75 Å². The Kier molecular flexibility index (Phi) is 3.59. The first-order chi connectivity index (χ1) is 10.8. The van der Waals surface area contributed by atoms with E-state index in [4.69, 9.17) is 16.3 Å². The summed E-state index contributed by atoms with van der Waals surface area (Å²) >= 11 is 6.52. The van der Waals surface area contributed by atoms with Gasteiger partial charge in [0.15, 0.2) is 0 Å². The van der Waals surface area contributed by atoms with Gasteiger partial charge in [-0.1, -0.05) is 35.9 Å². The van der Waals surface area contributed by atoms with Gasteiger partial charge in [0.25, 0.3) is 0 Å². The molecule has 0 spiro atoms. The summed E-state index contributed by atoms with van der Waals surface area (Å²) in [6.45, 7) is 1.10. The van der Waals surface area contributed by atoms with E-state index < -0.39 is 0 Å². The molecule has 0 aromatic heterocycles. The normalized spacial score (nSPS) is 26.4. The molecule has 0 bridgehead atoms. The SMILES string of the molecule is COc1ccc2c(c1)C(c1ccccc1Cl)C1CCCNC21. The highest BCUT2D eigenvalue weighted by Gasteiger charge is 2.43. The van der Waals surface area contributed by atoms with Crippen LogP contribution in [-0.4, -0.2) is 13.7 Å². The summed E-state index contributed by atoms with van der Waals surface area (Å²) in [6, 6.07) is 15.2.